The Kier molecular flexibility index (Phi) is 13.1. The van der Waals surface area contributed by atoms with Gasteiger partial charge in [0.05, 0.1) is 12.5 Å². The van der Waals surface area contributed by atoms with Crippen LogP contribution in [0.15, 0.2) is 24.3 Å². The van der Waals surface area contributed by atoms with E-state index in [0.29, 0.717) is 12.2 Å². The Hall–Kier alpha value is -1.34. The fourth-order valence-electron chi connectivity index (χ4n) is 3.01. The molecular weight excluding hydrogens is 399 g/mol. The summed E-state index contributed by atoms with van der Waals surface area (Å²) in [7, 11) is 0. The van der Waals surface area contributed by atoms with Gasteiger partial charge in [-0.3, -0.25) is 14.5 Å². The number of anilines is 2. The minimum Gasteiger partial charge on any atom is -0.327 e. The lowest BCUT2D eigenvalue weighted by molar-refractivity contribution is -0.120. The molecule has 4 N–H and O–H groups in total. The molecule has 8 heteroatoms. The number of halogens is 2. The summed E-state index contributed by atoms with van der Waals surface area (Å²) in [4.78, 5) is 26.5. The molecule has 1 aromatic rings. The lowest BCUT2D eigenvalue weighted by Gasteiger charge is -2.23. The Balaban J connectivity index is 0.00000364. The fraction of sp³-hybridized carbons (Fsp3) is 0.600. The van der Waals surface area contributed by atoms with Crippen LogP contribution in [0.3, 0.4) is 0 Å². The Labute approximate surface area is 180 Å². The molecule has 0 radical (unpaired) electrons. The molecule has 2 amide bonds. The van der Waals surface area contributed by atoms with E-state index < -0.39 is 0 Å². The quantitative estimate of drug-likeness (QED) is 0.639. The van der Waals surface area contributed by atoms with E-state index in [4.69, 9.17) is 5.73 Å². The van der Waals surface area contributed by atoms with Crippen molar-refractivity contribution >= 4 is 48.0 Å². The highest BCUT2D eigenvalue weighted by Crippen LogP contribution is 2.16. The lowest BCUT2D eigenvalue weighted by Crippen LogP contribution is -2.35. The van der Waals surface area contributed by atoms with Crippen LogP contribution in [0.5, 0.6) is 0 Å². The van der Waals surface area contributed by atoms with Crippen molar-refractivity contribution in [1.82, 2.24) is 4.90 Å². The van der Waals surface area contributed by atoms with Crippen molar-refractivity contribution in [3.05, 3.63) is 24.3 Å². The van der Waals surface area contributed by atoms with Gasteiger partial charge in [-0.2, -0.15) is 0 Å². The molecule has 0 spiro atoms. The molecule has 1 aliphatic heterocycles. The molecule has 1 saturated heterocycles. The molecule has 0 aliphatic carbocycles. The van der Waals surface area contributed by atoms with Crippen molar-refractivity contribution in [2.24, 2.45) is 11.7 Å². The lowest BCUT2D eigenvalue weighted by atomic mass is 10.0. The Morgan fingerprint density at radius 3 is 1.89 bits per heavy atom. The SMILES string of the molecule is CC(N)C(C)C(=O)Nc1ccc(NC(=O)CN2CCCCCCC2)cc1.Cl.Cl. The zero-order valence-electron chi connectivity index (χ0n) is 16.8. The summed E-state index contributed by atoms with van der Waals surface area (Å²) in [5.41, 5.74) is 7.19. The van der Waals surface area contributed by atoms with Gasteiger partial charge in [0, 0.05) is 17.4 Å². The maximum Gasteiger partial charge on any atom is 0.238 e. The summed E-state index contributed by atoms with van der Waals surface area (Å²) in [6.45, 7) is 6.05. The first-order chi connectivity index (χ1) is 12.5. The highest BCUT2D eigenvalue weighted by atomic mass is 35.5. The smallest absolute Gasteiger partial charge is 0.238 e. The first-order valence-corrected chi connectivity index (χ1v) is 9.64. The van der Waals surface area contributed by atoms with Crippen molar-refractivity contribution in [2.45, 2.75) is 52.0 Å². The number of nitrogens with one attached hydrogen (secondary N) is 2. The maximum atomic E-state index is 12.3. The van der Waals surface area contributed by atoms with E-state index in [1.807, 2.05) is 6.92 Å². The van der Waals surface area contributed by atoms with Gasteiger partial charge in [-0.15, -0.1) is 24.8 Å². The van der Waals surface area contributed by atoms with Crippen LogP contribution in [-0.2, 0) is 9.59 Å². The molecule has 6 nitrogen and oxygen atoms in total. The van der Waals surface area contributed by atoms with Crippen LogP contribution in [0.2, 0.25) is 0 Å². The molecule has 2 atom stereocenters. The Morgan fingerprint density at radius 1 is 0.929 bits per heavy atom. The number of carbonyl (C=O) groups excluding carboxylic acids is 2. The molecule has 1 aliphatic rings. The fourth-order valence-corrected chi connectivity index (χ4v) is 3.01. The second-order valence-electron chi connectivity index (χ2n) is 7.31. The van der Waals surface area contributed by atoms with E-state index in [0.717, 1.165) is 18.8 Å². The molecule has 2 unspecified atom stereocenters. The van der Waals surface area contributed by atoms with Gasteiger partial charge < -0.3 is 16.4 Å². The number of benzene rings is 1. The average molecular weight is 433 g/mol. The van der Waals surface area contributed by atoms with Crippen molar-refractivity contribution < 1.29 is 9.59 Å². The third-order valence-electron chi connectivity index (χ3n) is 4.95. The van der Waals surface area contributed by atoms with Crippen molar-refractivity contribution in [3.8, 4) is 0 Å². The Morgan fingerprint density at radius 2 is 1.39 bits per heavy atom. The molecule has 1 heterocycles. The van der Waals surface area contributed by atoms with Crippen LogP contribution in [-0.4, -0.2) is 42.4 Å². The number of nitrogens with zero attached hydrogens (tertiary/aromatic N) is 1. The number of hydrogen-bond acceptors (Lipinski definition) is 4. The highest BCUT2D eigenvalue weighted by molar-refractivity contribution is 5.94. The summed E-state index contributed by atoms with van der Waals surface area (Å²) in [6.07, 6.45) is 6.16. The summed E-state index contributed by atoms with van der Waals surface area (Å²) >= 11 is 0. The molecule has 1 aromatic carbocycles. The summed E-state index contributed by atoms with van der Waals surface area (Å²) in [6, 6.07) is 6.99. The van der Waals surface area contributed by atoms with E-state index in [9.17, 15) is 9.59 Å². The molecule has 28 heavy (non-hydrogen) atoms. The van der Waals surface area contributed by atoms with Gasteiger partial charge in [-0.1, -0.05) is 26.2 Å². The molecule has 2 rings (SSSR count). The van der Waals surface area contributed by atoms with Gasteiger partial charge in [0.2, 0.25) is 11.8 Å². The first kappa shape index (κ1) is 26.7. The summed E-state index contributed by atoms with van der Waals surface area (Å²) in [5, 5.41) is 5.78. The average Bonchev–Trinajstić information content (AvgIpc) is 2.58. The number of amides is 2. The largest absolute Gasteiger partial charge is 0.327 e. The topological polar surface area (TPSA) is 87.5 Å². The van der Waals surface area contributed by atoms with E-state index in [1.165, 1.54) is 32.1 Å². The monoisotopic (exact) mass is 432 g/mol. The van der Waals surface area contributed by atoms with E-state index >= 15 is 0 Å². The Bertz CT molecular complexity index is 588. The van der Waals surface area contributed by atoms with E-state index in [1.54, 1.807) is 31.2 Å². The van der Waals surface area contributed by atoms with Crippen molar-refractivity contribution in [3.63, 3.8) is 0 Å². The maximum absolute atomic E-state index is 12.3. The number of rotatable bonds is 6. The molecule has 160 valence electrons. The number of hydrogen-bond donors (Lipinski definition) is 3. The van der Waals surface area contributed by atoms with Gasteiger partial charge in [-0.25, -0.2) is 0 Å². The normalized spacial score (nSPS) is 17.0. The van der Waals surface area contributed by atoms with Crippen LogP contribution in [0, 0.1) is 5.92 Å². The van der Waals surface area contributed by atoms with Gasteiger partial charge in [0.25, 0.3) is 0 Å². The van der Waals surface area contributed by atoms with Crippen LogP contribution < -0.4 is 16.4 Å². The zero-order chi connectivity index (χ0) is 18.9. The summed E-state index contributed by atoms with van der Waals surface area (Å²) < 4.78 is 0. The third kappa shape index (κ3) is 9.24. The second kappa shape index (κ2) is 13.8. The van der Waals surface area contributed by atoms with Gasteiger partial charge in [0.1, 0.15) is 0 Å². The number of likely N-dealkylation sites (tertiary alicyclic amines) is 1. The first-order valence-electron chi connectivity index (χ1n) is 9.64. The molecule has 0 bridgehead atoms. The third-order valence-corrected chi connectivity index (χ3v) is 4.95. The van der Waals surface area contributed by atoms with Crippen LogP contribution in [0.4, 0.5) is 11.4 Å². The van der Waals surface area contributed by atoms with E-state index in [-0.39, 0.29) is 48.6 Å². The second-order valence-corrected chi connectivity index (χ2v) is 7.31. The number of nitrogens with two attached hydrogens (primary N) is 1. The molecule has 0 aromatic heterocycles. The van der Waals surface area contributed by atoms with Gasteiger partial charge >= 0.3 is 0 Å². The van der Waals surface area contributed by atoms with Crippen molar-refractivity contribution in [1.29, 1.82) is 0 Å². The highest BCUT2D eigenvalue weighted by Gasteiger charge is 2.17. The van der Waals surface area contributed by atoms with E-state index in [2.05, 4.69) is 15.5 Å². The number of carbonyl (C=O) groups is 2. The zero-order valence-corrected chi connectivity index (χ0v) is 18.4. The minimum atomic E-state index is -0.257. The van der Waals surface area contributed by atoms with Crippen LogP contribution in [0.1, 0.15) is 46.0 Å². The van der Waals surface area contributed by atoms with Crippen LogP contribution >= 0.6 is 24.8 Å². The standard InChI is InChI=1S/C20H32N4O2.2ClH/c1-15(16(2)21)20(26)23-18-10-8-17(9-11-18)22-19(25)14-24-12-6-4-3-5-7-13-24;;/h8-11,15-16H,3-7,12-14,21H2,1-2H3,(H,22,25)(H,23,26);2*1H. The molecule has 1 fully saturated rings. The minimum absolute atomic E-state index is 0. The predicted octanol–water partition coefficient (Wildman–Crippen LogP) is 3.66. The molecular formula is C20H34Cl2N4O2. The van der Waals surface area contributed by atoms with Crippen molar-refractivity contribution in [2.75, 3.05) is 30.3 Å². The summed E-state index contributed by atoms with van der Waals surface area (Å²) in [5.74, 6) is -0.353. The van der Waals surface area contributed by atoms with Crippen LogP contribution in [0.25, 0.3) is 0 Å². The molecule has 0 saturated carbocycles. The van der Waals surface area contributed by atoms with Gasteiger partial charge in [-0.05, 0) is 57.1 Å². The predicted molar refractivity (Wildman–Crippen MR) is 121 cm³/mol. The van der Waals surface area contributed by atoms with Gasteiger partial charge in [0.15, 0.2) is 0 Å².